The topological polar surface area (TPSA) is 84.2 Å². The van der Waals surface area contributed by atoms with Gasteiger partial charge < -0.3 is 9.67 Å². The molecule has 0 radical (unpaired) electrons. The van der Waals surface area contributed by atoms with Crippen molar-refractivity contribution in [3.63, 3.8) is 0 Å². The Kier molecular flexibility index (Phi) is 3.64. The van der Waals surface area contributed by atoms with Gasteiger partial charge in [0.2, 0.25) is 0 Å². The molecule has 1 aromatic carbocycles. The molecule has 22 heavy (non-hydrogen) atoms. The minimum absolute atomic E-state index is 0.268. The van der Waals surface area contributed by atoms with Crippen molar-refractivity contribution < 1.29 is 9.90 Å². The van der Waals surface area contributed by atoms with Gasteiger partial charge in [0.05, 0.1) is 5.52 Å². The van der Waals surface area contributed by atoms with Crippen LogP contribution in [0.4, 0.5) is 5.13 Å². The highest BCUT2D eigenvalue weighted by Crippen LogP contribution is 2.26. The molecule has 0 aliphatic heterocycles. The first-order valence-electron chi connectivity index (χ1n) is 6.68. The van der Waals surface area contributed by atoms with Gasteiger partial charge in [-0.25, -0.2) is 4.98 Å². The van der Waals surface area contributed by atoms with Crippen molar-refractivity contribution in [2.75, 3.05) is 5.32 Å². The van der Waals surface area contributed by atoms with Crippen LogP contribution < -0.4 is 10.9 Å². The number of carbonyl (C=O) groups is 1. The lowest BCUT2D eigenvalue weighted by molar-refractivity contribution is 0.102. The van der Waals surface area contributed by atoms with Crippen molar-refractivity contribution in [3.05, 3.63) is 51.8 Å². The van der Waals surface area contributed by atoms with Crippen LogP contribution in [0.25, 0.3) is 10.9 Å². The molecule has 3 aromatic rings. The Labute approximate surface area is 129 Å². The molecule has 112 valence electrons. The third-order valence-corrected chi connectivity index (χ3v) is 4.03. The van der Waals surface area contributed by atoms with Crippen LogP contribution in [0, 0.1) is 0 Å². The number of fused-ring (bicyclic) bond motifs is 1. The van der Waals surface area contributed by atoms with Crippen LogP contribution in [0.15, 0.2) is 40.6 Å². The Morgan fingerprint density at radius 1 is 1.41 bits per heavy atom. The van der Waals surface area contributed by atoms with Crippen molar-refractivity contribution in [2.45, 2.75) is 13.5 Å². The van der Waals surface area contributed by atoms with E-state index in [4.69, 9.17) is 0 Å². The number of para-hydroxylation sites is 1. The number of anilines is 1. The number of nitrogens with one attached hydrogen (secondary N) is 1. The summed E-state index contributed by atoms with van der Waals surface area (Å²) in [5.41, 5.74) is -0.193. The number of aromatic nitrogens is 2. The molecular weight excluding hydrogens is 302 g/mol. The van der Waals surface area contributed by atoms with E-state index in [0.717, 1.165) is 0 Å². The van der Waals surface area contributed by atoms with Crippen molar-refractivity contribution >= 4 is 33.3 Å². The van der Waals surface area contributed by atoms with Crippen molar-refractivity contribution in [2.24, 2.45) is 0 Å². The second-order valence-corrected chi connectivity index (χ2v) is 5.48. The zero-order valence-corrected chi connectivity index (χ0v) is 12.6. The first-order valence-corrected chi connectivity index (χ1v) is 7.56. The molecule has 3 rings (SSSR count). The summed E-state index contributed by atoms with van der Waals surface area (Å²) in [5.74, 6) is -0.968. The third-order valence-electron chi connectivity index (χ3n) is 3.34. The first-order chi connectivity index (χ1) is 10.6. The molecule has 0 aliphatic rings. The lowest BCUT2D eigenvalue weighted by Crippen LogP contribution is -2.29. The molecule has 0 spiro atoms. The van der Waals surface area contributed by atoms with Crippen LogP contribution in [0.3, 0.4) is 0 Å². The average molecular weight is 315 g/mol. The Morgan fingerprint density at radius 3 is 2.86 bits per heavy atom. The molecule has 0 fully saturated rings. The Morgan fingerprint density at radius 2 is 2.18 bits per heavy atom. The van der Waals surface area contributed by atoms with Crippen LogP contribution in [-0.2, 0) is 6.54 Å². The normalized spacial score (nSPS) is 10.8. The SMILES string of the molecule is CCn1c(=O)c(C(=O)Nc2nccs2)c(O)c2ccccc21. The zero-order chi connectivity index (χ0) is 15.7. The molecule has 7 heteroatoms. The summed E-state index contributed by atoms with van der Waals surface area (Å²) in [6.45, 7) is 2.21. The predicted octanol–water partition coefficient (Wildman–Crippen LogP) is 2.44. The highest BCUT2D eigenvalue weighted by atomic mass is 32.1. The van der Waals surface area contributed by atoms with Gasteiger partial charge in [-0.1, -0.05) is 12.1 Å². The van der Waals surface area contributed by atoms with Gasteiger partial charge in [-0.2, -0.15) is 0 Å². The number of benzene rings is 1. The fraction of sp³-hybridized carbons (Fsp3) is 0.133. The van der Waals surface area contributed by atoms with E-state index in [1.807, 2.05) is 6.92 Å². The minimum atomic E-state index is -0.662. The summed E-state index contributed by atoms with van der Waals surface area (Å²) in [5, 5.41) is 15.4. The molecule has 0 bridgehead atoms. The monoisotopic (exact) mass is 315 g/mol. The molecule has 0 unspecified atom stereocenters. The van der Waals surface area contributed by atoms with Gasteiger partial charge in [0.1, 0.15) is 11.3 Å². The molecule has 2 N–H and O–H groups in total. The fourth-order valence-electron chi connectivity index (χ4n) is 2.35. The van der Waals surface area contributed by atoms with E-state index in [1.54, 1.807) is 35.8 Å². The van der Waals surface area contributed by atoms with Gasteiger partial charge in [0, 0.05) is 23.5 Å². The van der Waals surface area contributed by atoms with E-state index in [2.05, 4.69) is 10.3 Å². The molecule has 0 saturated heterocycles. The molecule has 1 amide bonds. The Hall–Kier alpha value is -2.67. The van der Waals surface area contributed by atoms with Crippen molar-refractivity contribution in [3.8, 4) is 5.75 Å². The van der Waals surface area contributed by atoms with Crippen LogP contribution in [0.5, 0.6) is 5.75 Å². The maximum atomic E-state index is 12.5. The molecule has 2 aromatic heterocycles. The highest BCUT2D eigenvalue weighted by Gasteiger charge is 2.22. The number of nitrogens with zero attached hydrogens (tertiary/aromatic N) is 2. The lowest BCUT2D eigenvalue weighted by atomic mass is 10.1. The van der Waals surface area contributed by atoms with E-state index in [1.165, 1.54) is 15.9 Å². The van der Waals surface area contributed by atoms with Gasteiger partial charge in [-0.15, -0.1) is 11.3 Å². The molecule has 0 saturated carbocycles. The number of hydrogen-bond acceptors (Lipinski definition) is 5. The maximum absolute atomic E-state index is 12.5. The number of pyridine rings is 1. The number of amides is 1. The van der Waals surface area contributed by atoms with Crippen LogP contribution in [0.1, 0.15) is 17.3 Å². The van der Waals surface area contributed by atoms with Crippen LogP contribution in [0.2, 0.25) is 0 Å². The van der Waals surface area contributed by atoms with Crippen molar-refractivity contribution in [1.82, 2.24) is 9.55 Å². The lowest BCUT2D eigenvalue weighted by Gasteiger charge is -2.13. The summed E-state index contributed by atoms with van der Waals surface area (Å²) in [6, 6.07) is 6.94. The van der Waals surface area contributed by atoms with E-state index in [0.29, 0.717) is 22.6 Å². The summed E-state index contributed by atoms with van der Waals surface area (Å²) in [7, 11) is 0. The van der Waals surface area contributed by atoms with Crippen LogP contribution >= 0.6 is 11.3 Å². The quantitative estimate of drug-likeness (QED) is 0.777. The number of carbonyl (C=O) groups excluding carboxylic acids is 1. The second-order valence-electron chi connectivity index (χ2n) is 4.58. The molecule has 6 nitrogen and oxygen atoms in total. The maximum Gasteiger partial charge on any atom is 0.267 e. The van der Waals surface area contributed by atoms with E-state index < -0.39 is 11.5 Å². The van der Waals surface area contributed by atoms with Crippen LogP contribution in [-0.4, -0.2) is 20.6 Å². The predicted molar refractivity (Wildman–Crippen MR) is 85.6 cm³/mol. The number of thiazole rings is 1. The Balaban J connectivity index is 2.21. The highest BCUT2D eigenvalue weighted by molar-refractivity contribution is 7.13. The third kappa shape index (κ3) is 2.25. The second kappa shape index (κ2) is 5.61. The molecule has 2 heterocycles. The number of hydrogen-bond donors (Lipinski definition) is 2. The average Bonchev–Trinajstić information content (AvgIpc) is 3.01. The summed E-state index contributed by atoms with van der Waals surface area (Å²) >= 11 is 1.24. The fourth-order valence-corrected chi connectivity index (χ4v) is 2.88. The first kappa shape index (κ1) is 14.3. The largest absolute Gasteiger partial charge is 0.506 e. The van der Waals surface area contributed by atoms with E-state index in [-0.39, 0.29) is 11.3 Å². The summed E-state index contributed by atoms with van der Waals surface area (Å²) in [4.78, 5) is 28.8. The Bertz CT molecular complexity index is 900. The number of aromatic hydroxyl groups is 1. The van der Waals surface area contributed by atoms with Gasteiger partial charge in [-0.3, -0.25) is 14.9 Å². The van der Waals surface area contributed by atoms with Gasteiger partial charge in [-0.05, 0) is 19.1 Å². The molecule has 0 atom stereocenters. The summed E-state index contributed by atoms with van der Waals surface area (Å²) < 4.78 is 1.46. The van der Waals surface area contributed by atoms with Gasteiger partial charge in [0.15, 0.2) is 5.13 Å². The molecule has 0 aliphatic carbocycles. The summed E-state index contributed by atoms with van der Waals surface area (Å²) in [6.07, 6.45) is 1.55. The zero-order valence-electron chi connectivity index (χ0n) is 11.7. The van der Waals surface area contributed by atoms with E-state index in [9.17, 15) is 14.7 Å². The van der Waals surface area contributed by atoms with Gasteiger partial charge >= 0.3 is 0 Å². The smallest absolute Gasteiger partial charge is 0.267 e. The van der Waals surface area contributed by atoms with E-state index >= 15 is 0 Å². The molecular formula is C15H13N3O3S. The van der Waals surface area contributed by atoms with Crippen molar-refractivity contribution in [1.29, 1.82) is 0 Å². The number of rotatable bonds is 3. The minimum Gasteiger partial charge on any atom is -0.506 e. The number of aryl methyl sites for hydroxylation is 1. The standard InChI is InChI=1S/C15H13N3O3S/c1-2-18-10-6-4-3-5-9(10)12(19)11(14(18)21)13(20)17-15-16-7-8-22-15/h3-8,19H,2H2,1H3,(H,16,17,20). The van der Waals surface area contributed by atoms with Gasteiger partial charge in [0.25, 0.3) is 11.5 Å².